The first-order valence-electron chi connectivity index (χ1n) is 6.85. The van der Waals surface area contributed by atoms with E-state index in [9.17, 15) is 14.6 Å². The zero-order chi connectivity index (χ0) is 16.4. The molecule has 0 fully saturated rings. The highest BCUT2D eigenvalue weighted by atomic mass is 32.1. The van der Waals surface area contributed by atoms with Crippen LogP contribution in [0.5, 0.6) is 0 Å². The summed E-state index contributed by atoms with van der Waals surface area (Å²) in [4.78, 5) is 8.17. The van der Waals surface area contributed by atoms with E-state index in [1.165, 1.54) is 17.4 Å². The molecule has 2 aromatic heterocycles. The summed E-state index contributed by atoms with van der Waals surface area (Å²) in [5, 5.41) is 23.9. The van der Waals surface area contributed by atoms with E-state index in [-0.39, 0.29) is 0 Å². The number of nitrogens with zero attached hydrogens (tertiary/aromatic N) is 2. The number of hydrogen-bond donors (Lipinski definition) is 3. The van der Waals surface area contributed by atoms with Crippen molar-refractivity contribution in [1.29, 1.82) is 0 Å². The summed E-state index contributed by atoms with van der Waals surface area (Å²) in [7, 11) is 0. The Morgan fingerprint density at radius 2 is 2.00 bits per heavy atom. The zero-order valence-electron chi connectivity index (χ0n) is 12.2. The lowest BCUT2D eigenvalue weighted by Gasteiger charge is -2.09. The molecule has 0 atom stereocenters. The van der Waals surface area contributed by atoms with Crippen molar-refractivity contribution in [3.8, 4) is 11.3 Å². The van der Waals surface area contributed by atoms with E-state index in [2.05, 4.69) is 15.3 Å². The molecule has 0 unspecified atom stereocenters. The molecule has 118 valence electrons. The standard InChI is InChI=1S/C16H14FN3O2S/c1-9-7-10(5-6-11(9)15(21)22)12-8-23-16(18-12)20-14-4-2-3-13(17)19-14/h2-8,15,21-22H,1H3,(H,18,19,20). The number of rotatable bonds is 4. The van der Waals surface area contributed by atoms with Crippen LogP contribution in [0.25, 0.3) is 11.3 Å². The van der Waals surface area contributed by atoms with Crippen molar-refractivity contribution in [3.63, 3.8) is 0 Å². The zero-order valence-corrected chi connectivity index (χ0v) is 13.0. The average Bonchev–Trinajstić information content (AvgIpc) is 2.95. The normalized spacial score (nSPS) is 11.0. The van der Waals surface area contributed by atoms with E-state index in [0.29, 0.717) is 16.5 Å². The number of halogens is 1. The average molecular weight is 331 g/mol. The second-order valence-corrected chi connectivity index (χ2v) is 5.81. The molecule has 2 heterocycles. The van der Waals surface area contributed by atoms with Crippen LogP contribution in [-0.2, 0) is 0 Å². The van der Waals surface area contributed by atoms with Gasteiger partial charge in [-0.1, -0.05) is 18.2 Å². The Bertz CT molecular complexity index is 836. The fraction of sp³-hybridized carbons (Fsp3) is 0.125. The maximum absolute atomic E-state index is 13.1. The van der Waals surface area contributed by atoms with Crippen LogP contribution in [0.2, 0.25) is 0 Å². The number of nitrogens with one attached hydrogen (secondary N) is 1. The predicted octanol–water partition coefficient (Wildman–Crippen LogP) is 3.38. The lowest BCUT2D eigenvalue weighted by Crippen LogP contribution is -1.98. The van der Waals surface area contributed by atoms with E-state index < -0.39 is 12.2 Å². The third-order valence-corrected chi connectivity index (χ3v) is 4.06. The van der Waals surface area contributed by atoms with Crippen LogP contribution in [0.15, 0.2) is 41.8 Å². The van der Waals surface area contributed by atoms with E-state index in [1.807, 2.05) is 11.4 Å². The second kappa shape index (κ2) is 6.41. The summed E-state index contributed by atoms with van der Waals surface area (Å²) in [6.45, 7) is 1.81. The number of benzene rings is 1. The van der Waals surface area contributed by atoms with Gasteiger partial charge in [0.15, 0.2) is 11.4 Å². The van der Waals surface area contributed by atoms with Gasteiger partial charge in [0.25, 0.3) is 0 Å². The molecule has 3 aromatic rings. The number of aliphatic hydroxyl groups is 2. The van der Waals surface area contributed by atoms with Gasteiger partial charge in [-0.3, -0.25) is 0 Å². The number of anilines is 2. The minimum Gasteiger partial charge on any atom is -0.364 e. The van der Waals surface area contributed by atoms with Gasteiger partial charge >= 0.3 is 0 Å². The van der Waals surface area contributed by atoms with Gasteiger partial charge in [-0.05, 0) is 30.7 Å². The number of aryl methyl sites for hydroxylation is 1. The molecule has 0 radical (unpaired) electrons. The molecule has 23 heavy (non-hydrogen) atoms. The van der Waals surface area contributed by atoms with Crippen molar-refractivity contribution < 1.29 is 14.6 Å². The maximum Gasteiger partial charge on any atom is 0.214 e. The quantitative estimate of drug-likeness (QED) is 0.504. The molecule has 0 saturated heterocycles. The molecule has 5 nitrogen and oxygen atoms in total. The largest absolute Gasteiger partial charge is 0.364 e. The number of aromatic nitrogens is 2. The first-order valence-corrected chi connectivity index (χ1v) is 7.73. The molecule has 3 N–H and O–H groups in total. The Balaban J connectivity index is 1.83. The predicted molar refractivity (Wildman–Crippen MR) is 86.9 cm³/mol. The molecular formula is C16H14FN3O2S. The van der Waals surface area contributed by atoms with Crippen molar-refractivity contribution >= 4 is 22.3 Å². The number of aliphatic hydroxyl groups excluding tert-OH is 1. The highest BCUT2D eigenvalue weighted by molar-refractivity contribution is 7.14. The van der Waals surface area contributed by atoms with Crippen LogP contribution in [-0.4, -0.2) is 20.2 Å². The number of hydrogen-bond acceptors (Lipinski definition) is 6. The van der Waals surface area contributed by atoms with Gasteiger partial charge in [0.2, 0.25) is 5.95 Å². The summed E-state index contributed by atoms with van der Waals surface area (Å²) >= 11 is 1.38. The molecule has 0 spiro atoms. The lowest BCUT2D eigenvalue weighted by atomic mass is 10.0. The van der Waals surface area contributed by atoms with Crippen LogP contribution in [0.3, 0.4) is 0 Å². The van der Waals surface area contributed by atoms with Gasteiger partial charge < -0.3 is 15.5 Å². The van der Waals surface area contributed by atoms with Crippen molar-refractivity contribution in [2.45, 2.75) is 13.2 Å². The minimum absolute atomic E-state index is 0.390. The van der Waals surface area contributed by atoms with Gasteiger partial charge in [-0.15, -0.1) is 11.3 Å². The molecule has 0 aliphatic carbocycles. The number of pyridine rings is 1. The van der Waals surface area contributed by atoms with Crippen LogP contribution in [0.1, 0.15) is 17.4 Å². The molecule has 0 bridgehead atoms. The summed E-state index contributed by atoms with van der Waals surface area (Å²) in [5.74, 6) is -0.165. The smallest absolute Gasteiger partial charge is 0.214 e. The van der Waals surface area contributed by atoms with Gasteiger partial charge in [0, 0.05) is 16.5 Å². The lowest BCUT2D eigenvalue weighted by molar-refractivity contribution is -0.0429. The Kier molecular flexibility index (Phi) is 4.33. The van der Waals surface area contributed by atoms with E-state index in [0.717, 1.165) is 16.8 Å². The fourth-order valence-corrected chi connectivity index (χ4v) is 2.90. The Morgan fingerprint density at radius 1 is 1.17 bits per heavy atom. The molecule has 0 amide bonds. The molecule has 3 rings (SSSR count). The molecule has 0 saturated carbocycles. The molecular weight excluding hydrogens is 317 g/mol. The van der Waals surface area contributed by atoms with Crippen LogP contribution in [0, 0.1) is 12.9 Å². The van der Waals surface area contributed by atoms with Crippen LogP contribution < -0.4 is 5.32 Å². The summed E-state index contributed by atoms with van der Waals surface area (Å²) in [6.07, 6.45) is -1.49. The molecule has 0 aliphatic rings. The Morgan fingerprint density at radius 3 is 2.70 bits per heavy atom. The summed E-state index contributed by atoms with van der Waals surface area (Å²) in [6, 6.07) is 9.79. The third-order valence-electron chi connectivity index (χ3n) is 3.30. The van der Waals surface area contributed by atoms with Crippen molar-refractivity contribution in [2.75, 3.05) is 5.32 Å². The van der Waals surface area contributed by atoms with Crippen molar-refractivity contribution in [1.82, 2.24) is 9.97 Å². The highest BCUT2D eigenvalue weighted by Gasteiger charge is 2.10. The van der Waals surface area contributed by atoms with Gasteiger partial charge in [0.1, 0.15) is 5.82 Å². The third kappa shape index (κ3) is 3.53. The first kappa shape index (κ1) is 15.5. The van der Waals surface area contributed by atoms with Gasteiger partial charge in [-0.2, -0.15) is 4.39 Å². The molecule has 7 heteroatoms. The summed E-state index contributed by atoms with van der Waals surface area (Å²) < 4.78 is 13.1. The highest BCUT2D eigenvalue weighted by Crippen LogP contribution is 2.29. The second-order valence-electron chi connectivity index (χ2n) is 4.95. The van der Waals surface area contributed by atoms with E-state index in [1.54, 1.807) is 31.2 Å². The summed E-state index contributed by atoms with van der Waals surface area (Å²) in [5.41, 5.74) is 2.84. The Labute approximate surface area is 136 Å². The van der Waals surface area contributed by atoms with E-state index in [4.69, 9.17) is 0 Å². The monoisotopic (exact) mass is 331 g/mol. The fourth-order valence-electron chi connectivity index (χ4n) is 2.18. The minimum atomic E-state index is -1.49. The number of thiazole rings is 1. The SMILES string of the molecule is Cc1cc(-c2csc(Nc3cccc(F)n3)n2)ccc1C(O)O. The van der Waals surface area contributed by atoms with Crippen LogP contribution >= 0.6 is 11.3 Å². The van der Waals surface area contributed by atoms with Gasteiger partial charge in [-0.25, -0.2) is 9.97 Å². The van der Waals surface area contributed by atoms with Gasteiger partial charge in [0.05, 0.1) is 5.69 Å². The first-order chi connectivity index (χ1) is 11.0. The molecule has 1 aromatic carbocycles. The topological polar surface area (TPSA) is 78.3 Å². The maximum atomic E-state index is 13.1. The van der Waals surface area contributed by atoms with E-state index >= 15 is 0 Å². The van der Waals surface area contributed by atoms with Crippen molar-refractivity contribution in [3.05, 3.63) is 58.9 Å². The molecule has 0 aliphatic heterocycles. The Hall–Kier alpha value is -2.35. The van der Waals surface area contributed by atoms with Crippen LogP contribution in [0.4, 0.5) is 15.3 Å². The van der Waals surface area contributed by atoms with Crippen molar-refractivity contribution in [2.24, 2.45) is 0 Å².